The molecule has 0 spiro atoms. The number of imidazole rings is 1. The van der Waals surface area contributed by atoms with E-state index < -0.39 is 10.0 Å². The van der Waals surface area contributed by atoms with Crippen LogP contribution in [0.2, 0.25) is 0 Å². The third kappa shape index (κ3) is 9.36. The molecular weight excluding hydrogens is 583 g/mol. The monoisotopic (exact) mass is 629 g/mol. The van der Waals surface area contributed by atoms with Crippen molar-refractivity contribution in [3.8, 4) is 10.4 Å². The molecule has 11 heteroatoms. The molecule has 9 nitrogen and oxygen atoms in total. The van der Waals surface area contributed by atoms with Crippen LogP contribution in [0.3, 0.4) is 0 Å². The number of thiazole rings is 1. The van der Waals surface area contributed by atoms with Gasteiger partial charge in [-0.05, 0) is 69.9 Å². The number of rotatable bonds is 15. The van der Waals surface area contributed by atoms with E-state index in [4.69, 9.17) is 9.72 Å². The van der Waals surface area contributed by atoms with Gasteiger partial charge in [-0.25, -0.2) is 23.1 Å². The maximum absolute atomic E-state index is 13.3. The van der Waals surface area contributed by atoms with Crippen LogP contribution in [0.1, 0.15) is 96.9 Å². The number of nitrogens with zero attached hydrogens (tertiary/aromatic N) is 3. The Morgan fingerprint density at radius 3 is 2.58 bits per heavy atom. The van der Waals surface area contributed by atoms with E-state index in [1.807, 2.05) is 42.9 Å². The van der Waals surface area contributed by atoms with Crippen molar-refractivity contribution in [2.24, 2.45) is 11.8 Å². The molecule has 2 N–H and O–H groups in total. The second-order valence-corrected chi connectivity index (χ2v) is 15.0. The van der Waals surface area contributed by atoms with Gasteiger partial charge >= 0.3 is 5.97 Å². The van der Waals surface area contributed by atoms with Gasteiger partial charge in [-0.1, -0.05) is 39.7 Å². The Hall–Kier alpha value is -2.76. The molecule has 0 amide bonds. The van der Waals surface area contributed by atoms with Crippen LogP contribution in [0.15, 0.2) is 41.7 Å². The van der Waals surface area contributed by atoms with Gasteiger partial charge < -0.3 is 14.6 Å². The van der Waals surface area contributed by atoms with E-state index in [-0.39, 0.29) is 17.0 Å². The maximum Gasteiger partial charge on any atom is 0.306 e. The molecule has 1 saturated carbocycles. The van der Waals surface area contributed by atoms with E-state index in [9.17, 15) is 13.2 Å². The Balaban J connectivity index is 1.42. The number of sulfonamides is 1. The molecule has 4 rings (SSSR count). The first kappa shape index (κ1) is 33.1. The number of ether oxygens (including phenoxy) is 1. The number of esters is 1. The lowest BCUT2D eigenvalue weighted by atomic mass is 9.80. The lowest BCUT2D eigenvalue weighted by Gasteiger charge is -2.27. The van der Waals surface area contributed by atoms with E-state index in [1.165, 1.54) is 0 Å². The number of nitrogens with one attached hydrogen (secondary N) is 2. The molecule has 236 valence electrons. The van der Waals surface area contributed by atoms with Crippen LogP contribution in [0.4, 0.5) is 11.6 Å². The highest BCUT2D eigenvalue weighted by atomic mass is 32.2. The number of anilines is 2. The standard InChI is InChI=1S/C32H47N5O4S2/c1-6-35-43(39,40)29-19-26(36-32-33-17-18-37(32)21-22(2)3)15-16-27(29)28-20-34-31(42-28)25-13-11-24(12-14-25)9-7-8-10-30(38)41-23(4)5/h15-20,22-25,35H,6-14,21H2,1-5H3,(H,33,36). The summed E-state index contributed by atoms with van der Waals surface area (Å²) in [6, 6.07) is 5.46. The Morgan fingerprint density at radius 1 is 1.12 bits per heavy atom. The number of unbranched alkanes of at least 4 members (excludes halogenated alkanes) is 1. The Kier molecular flexibility index (Phi) is 11.8. The number of hydrogen-bond donors (Lipinski definition) is 2. The van der Waals surface area contributed by atoms with Crippen molar-refractivity contribution >= 4 is 39.0 Å². The van der Waals surface area contributed by atoms with Crippen LogP contribution in [-0.2, 0) is 26.1 Å². The fraction of sp³-hybridized carbons (Fsp3) is 0.594. The summed E-state index contributed by atoms with van der Waals surface area (Å²) in [5.41, 5.74) is 1.32. The molecule has 1 fully saturated rings. The van der Waals surface area contributed by atoms with Crippen molar-refractivity contribution in [1.82, 2.24) is 19.3 Å². The molecule has 0 radical (unpaired) electrons. The van der Waals surface area contributed by atoms with E-state index in [2.05, 4.69) is 28.9 Å². The molecule has 0 aliphatic heterocycles. The Morgan fingerprint density at radius 2 is 1.88 bits per heavy atom. The Bertz CT molecular complexity index is 1440. The predicted molar refractivity (Wildman–Crippen MR) is 173 cm³/mol. The average molecular weight is 630 g/mol. The lowest BCUT2D eigenvalue weighted by Crippen LogP contribution is -2.23. The molecule has 1 aliphatic rings. The van der Waals surface area contributed by atoms with Gasteiger partial charge in [0.2, 0.25) is 16.0 Å². The molecule has 2 aromatic heterocycles. The van der Waals surface area contributed by atoms with Crippen LogP contribution in [0, 0.1) is 11.8 Å². The normalized spacial score (nSPS) is 17.5. The largest absolute Gasteiger partial charge is 0.463 e. The highest BCUT2D eigenvalue weighted by molar-refractivity contribution is 7.89. The first-order valence-electron chi connectivity index (χ1n) is 15.6. The number of hydrogen-bond acceptors (Lipinski definition) is 8. The second kappa shape index (κ2) is 15.3. The lowest BCUT2D eigenvalue weighted by molar-refractivity contribution is -0.147. The third-order valence-corrected chi connectivity index (χ3v) is 10.5. The first-order valence-corrected chi connectivity index (χ1v) is 17.9. The van der Waals surface area contributed by atoms with Crippen molar-refractivity contribution < 1.29 is 17.9 Å². The van der Waals surface area contributed by atoms with Crippen molar-refractivity contribution in [1.29, 1.82) is 0 Å². The van der Waals surface area contributed by atoms with Gasteiger partial charge in [-0.2, -0.15) is 0 Å². The maximum atomic E-state index is 13.3. The van der Waals surface area contributed by atoms with Gasteiger partial charge in [0.15, 0.2) is 0 Å². The van der Waals surface area contributed by atoms with E-state index in [1.54, 1.807) is 30.5 Å². The van der Waals surface area contributed by atoms with E-state index in [0.29, 0.717) is 47.9 Å². The highest BCUT2D eigenvalue weighted by Gasteiger charge is 2.26. The van der Waals surface area contributed by atoms with Gasteiger partial charge in [0.05, 0.1) is 20.9 Å². The molecule has 2 heterocycles. The fourth-order valence-corrected chi connectivity index (χ4v) is 8.20. The average Bonchev–Trinajstić information content (AvgIpc) is 3.61. The summed E-state index contributed by atoms with van der Waals surface area (Å²) < 4.78 is 36.6. The summed E-state index contributed by atoms with van der Waals surface area (Å²) in [6.45, 7) is 10.9. The summed E-state index contributed by atoms with van der Waals surface area (Å²) in [6.07, 6.45) is 13.5. The first-order chi connectivity index (χ1) is 20.6. The van der Waals surface area contributed by atoms with Crippen LogP contribution >= 0.6 is 11.3 Å². The van der Waals surface area contributed by atoms with E-state index in [0.717, 1.165) is 61.4 Å². The minimum absolute atomic E-state index is 0.0507. The van der Waals surface area contributed by atoms with Crippen LogP contribution in [0.25, 0.3) is 10.4 Å². The number of carbonyl (C=O) groups excluding carboxylic acids is 1. The highest BCUT2D eigenvalue weighted by Crippen LogP contribution is 2.42. The molecular formula is C32H47N5O4S2. The Labute approximate surface area is 260 Å². The van der Waals surface area contributed by atoms with Crippen molar-refractivity contribution in [2.45, 2.75) is 109 Å². The third-order valence-electron chi connectivity index (χ3n) is 7.73. The molecule has 1 aliphatic carbocycles. The van der Waals surface area contributed by atoms with Gasteiger partial charge in [-0.15, -0.1) is 11.3 Å². The van der Waals surface area contributed by atoms with Gasteiger partial charge in [0.1, 0.15) is 0 Å². The van der Waals surface area contributed by atoms with Gasteiger partial charge in [0, 0.05) is 55.3 Å². The predicted octanol–water partition coefficient (Wildman–Crippen LogP) is 7.49. The summed E-state index contributed by atoms with van der Waals surface area (Å²) in [7, 11) is -3.73. The van der Waals surface area contributed by atoms with Crippen molar-refractivity contribution in [3.63, 3.8) is 0 Å². The SMILES string of the molecule is CCNS(=O)(=O)c1cc(Nc2nccn2CC(C)C)ccc1-c1cnc(C2CCC(CCCCC(=O)OC(C)C)CC2)s1. The molecule has 0 saturated heterocycles. The van der Waals surface area contributed by atoms with Crippen LogP contribution in [0.5, 0.6) is 0 Å². The summed E-state index contributed by atoms with van der Waals surface area (Å²) in [5.74, 6) is 2.11. The minimum atomic E-state index is -3.73. The van der Waals surface area contributed by atoms with E-state index >= 15 is 0 Å². The minimum Gasteiger partial charge on any atom is -0.463 e. The van der Waals surface area contributed by atoms with Crippen molar-refractivity contribution in [3.05, 3.63) is 41.8 Å². The number of benzene rings is 1. The zero-order valence-electron chi connectivity index (χ0n) is 26.1. The summed E-state index contributed by atoms with van der Waals surface area (Å²) in [5, 5.41) is 4.39. The van der Waals surface area contributed by atoms with Crippen LogP contribution in [-0.4, -0.2) is 41.6 Å². The molecule has 0 unspecified atom stereocenters. The zero-order chi connectivity index (χ0) is 31.0. The molecule has 1 aromatic carbocycles. The molecule has 0 atom stereocenters. The smallest absolute Gasteiger partial charge is 0.306 e. The second-order valence-electron chi connectivity index (χ2n) is 12.2. The zero-order valence-corrected chi connectivity index (χ0v) is 27.8. The van der Waals surface area contributed by atoms with Crippen LogP contribution < -0.4 is 10.0 Å². The number of carbonyl (C=O) groups is 1. The van der Waals surface area contributed by atoms with Gasteiger partial charge in [0.25, 0.3) is 0 Å². The molecule has 3 aromatic rings. The summed E-state index contributed by atoms with van der Waals surface area (Å²) in [4.78, 5) is 22.1. The van der Waals surface area contributed by atoms with Crippen molar-refractivity contribution in [2.75, 3.05) is 11.9 Å². The molecule has 0 bridgehead atoms. The molecule has 43 heavy (non-hydrogen) atoms. The fourth-order valence-electron chi connectivity index (χ4n) is 5.72. The quantitative estimate of drug-likeness (QED) is 0.132. The van der Waals surface area contributed by atoms with Gasteiger partial charge in [-0.3, -0.25) is 4.79 Å². The topological polar surface area (TPSA) is 115 Å². The number of aromatic nitrogens is 3. The summed E-state index contributed by atoms with van der Waals surface area (Å²) >= 11 is 1.60.